The number of hydrogen-bond donors (Lipinski definition) is 0. The third-order valence-corrected chi connectivity index (χ3v) is 5.50. The molecule has 0 spiro atoms. The molecular weight excluding hydrogens is 264 g/mol. The summed E-state index contributed by atoms with van der Waals surface area (Å²) in [6.07, 6.45) is 2.30. The molecule has 2 rings (SSSR count). The third kappa shape index (κ3) is 3.35. The van der Waals surface area contributed by atoms with Crippen LogP contribution in [0.3, 0.4) is 0 Å². The molecular formula is C14H18O4S. The fraction of sp³-hybridized carbons (Fsp3) is 0.500. The molecule has 1 saturated heterocycles. The number of ether oxygens (including phenoxy) is 1. The van der Waals surface area contributed by atoms with E-state index < -0.39 is 9.84 Å². The highest BCUT2D eigenvalue weighted by Crippen LogP contribution is 2.32. The van der Waals surface area contributed by atoms with Crippen molar-refractivity contribution in [3.8, 4) is 5.75 Å². The molecule has 1 fully saturated rings. The number of rotatable bonds is 4. The van der Waals surface area contributed by atoms with Gasteiger partial charge in [0.1, 0.15) is 12.0 Å². The van der Waals surface area contributed by atoms with Gasteiger partial charge in [0.15, 0.2) is 9.84 Å². The first-order valence-electron chi connectivity index (χ1n) is 6.35. The van der Waals surface area contributed by atoms with E-state index >= 15 is 0 Å². The smallest absolute Gasteiger partial charge is 0.150 e. The van der Waals surface area contributed by atoms with Gasteiger partial charge in [0.25, 0.3) is 0 Å². The maximum atomic E-state index is 11.7. The minimum atomic E-state index is -2.99. The second-order valence-corrected chi connectivity index (χ2v) is 7.18. The second kappa shape index (κ2) is 5.74. The Balaban J connectivity index is 2.21. The number of methoxy groups -OCH3 is 1. The molecule has 1 aliphatic rings. The van der Waals surface area contributed by atoms with Gasteiger partial charge in [-0.25, -0.2) is 8.42 Å². The Labute approximate surface area is 113 Å². The Kier molecular flexibility index (Phi) is 4.24. The van der Waals surface area contributed by atoms with Crippen molar-refractivity contribution in [1.82, 2.24) is 0 Å². The van der Waals surface area contributed by atoms with Crippen LogP contribution in [0.25, 0.3) is 0 Å². The lowest BCUT2D eigenvalue weighted by Gasteiger charge is -2.27. The van der Waals surface area contributed by atoms with Crippen molar-refractivity contribution in [2.45, 2.75) is 18.8 Å². The minimum absolute atomic E-state index is 0.107. The molecule has 19 heavy (non-hydrogen) atoms. The monoisotopic (exact) mass is 282 g/mol. The van der Waals surface area contributed by atoms with E-state index in [1.807, 2.05) is 12.1 Å². The quantitative estimate of drug-likeness (QED) is 0.790. The topological polar surface area (TPSA) is 60.4 Å². The highest BCUT2D eigenvalue weighted by atomic mass is 32.2. The summed E-state index contributed by atoms with van der Waals surface area (Å²) in [5.74, 6) is 0.635. The fourth-order valence-electron chi connectivity index (χ4n) is 2.63. The molecule has 0 saturated carbocycles. The average molecular weight is 282 g/mol. The summed E-state index contributed by atoms with van der Waals surface area (Å²) in [6.45, 7) is 0. The molecule has 0 amide bonds. The molecule has 2 unspecified atom stereocenters. The first kappa shape index (κ1) is 14.1. The van der Waals surface area contributed by atoms with Crippen molar-refractivity contribution in [3.63, 3.8) is 0 Å². The molecule has 1 aliphatic heterocycles. The van der Waals surface area contributed by atoms with Crippen LogP contribution < -0.4 is 4.74 Å². The van der Waals surface area contributed by atoms with Gasteiger partial charge >= 0.3 is 0 Å². The lowest BCUT2D eigenvalue weighted by molar-refractivity contribution is -0.110. The van der Waals surface area contributed by atoms with Crippen LogP contribution in [0.5, 0.6) is 5.75 Å². The molecule has 4 nitrogen and oxygen atoms in total. The maximum absolute atomic E-state index is 11.7. The van der Waals surface area contributed by atoms with Crippen LogP contribution in [-0.4, -0.2) is 33.3 Å². The first-order valence-corrected chi connectivity index (χ1v) is 8.17. The van der Waals surface area contributed by atoms with Gasteiger partial charge in [0, 0.05) is 5.92 Å². The van der Waals surface area contributed by atoms with Crippen LogP contribution in [0.4, 0.5) is 0 Å². The van der Waals surface area contributed by atoms with Gasteiger partial charge in [-0.1, -0.05) is 12.1 Å². The maximum Gasteiger partial charge on any atom is 0.150 e. The zero-order valence-electron chi connectivity index (χ0n) is 10.9. The Bertz CT molecular complexity index is 533. The molecule has 1 heterocycles. The Morgan fingerprint density at radius 1 is 1.32 bits per heavy atom. The molecule has 2 atom stereocenters. The van der Waals surface area contributed by atoms with Crippen LogP contribution in [0.1, 0.15) is 24.3 Å². The fourth-order valence-corrected chi connectivity index (χ4v) is 4.43. The van der Waals surface area contributed by atoms with Gasteiger partial charge in [-0.2, -0.15) is 0 Å². The molecule has 0 N–H and O–H groups in total. The van der Waals surface area contributed by atoms with Crippen LogP contribution in [-0.2, 0) is 14.6 Å². The van der Waals surface area contributed by atoms with E-state index in [0.29, 0.717) is 6.42 Å². The van der Waals surface area contributed by atoms with Crippen LogP contribution >= 0.6 is 0 Å². The van der Waals surface area contributed by atoms with Crippen molar-refractivity contribution >= 4 is 16.1 Å². The van der Waals surface area contributed by atoms with E-state index in [1.165, 1.54) is 0 Å². The summed E-state index contributed by atoms with van der Waals surface area (Å²) < 4.78 is 28.4. The SMILES string of the molecule is COc1ccc(C(C=O)C2CCCS(=O)(=O)C2)cc1. The molecule has 1 aromatic rings. The molecule has 0 bridgehead atoms. The van der Waals surface area contributed by atoms with Gasteiger partial charge in [-0.3, -0.25) is 0 Å². The normalized spacial score (nSPS) is 23.5. The van der Waals surface area contributed by atoms with Gasteiger partial charge in [-0.05, 0) is 36.5 Å². The number of carbonyl (C=O) groups excluding carboxylic acids is 1. The summed E-state index contributed by atoms with van der Waals surface area (Å²) >= 11 is 0. The summed E-state index contributed by atoms with van der Waals surface area (Å²) in [4.78, 5) is 11.3. The van der Waals surface area contributed by atoms with Gasteiger partial charge < -0.3 is 9.53 Å². The van der Waals surface area contributed by atoms with E-state index in [1.54, 1.807) is 19.2 Å². The van der Waals surface area contributed by atoms with E-state index in [4.69, 9.17) is 4.74 Å². The van der Waals surface area contributed by atoms with Gasteiger partial charge in [0.05, 0.1) is 18.6 Å². The number of benzene rings is 1. The number of aldehydes is 1. The predicted octanol–water partition coefficient (Wildman–Crippen LogP) is 1.80. The second-order valence-electron chi connectivity index (χ2n) is 4.95. The molecule has 0 aliphatic carbocycles. The first-order chi connectivity index (χ1) is 9.05. The number of carbonyl (C=O) groups is 1. The standard InChI is InChI=1S/C14H18O4S/c1-18-13-6-4-11(5-7-13)14(9-15)12-3-2-8-19(16,17)10-12/h4-7,9,12,14H,2-3,8,10H2,1H3. The van der Waals surface area contributed by atoms with E-state index in [9.17, 15) is 13.2 Å². The van der Waals surface area contributed by atoms with Crippen molar-refractivity contribution in [1.29, 1.82) is 0 Å². The van der Waals surface area contributed by atoms with Crippen molar-refractivity contribution < 1.29 is 17.9 Å². The van der Waals surface area contributed by atoms with Gasteiger partial charge in [-0.15, -0.1) is 0 Å². The Morgan fingerprint density at radius 3 is 2.53 bits per heavy atom. The summed E-state index contributed by atoms with van der Waals surface area (Å²) in [7, 11) is -1.41. The van der Waals surface area contributed by atoms with Crippen molar-refractivity contribution in [2.75, 3.05) is 18.6 Å². The predicted molar refractivity (Wildman–Crippen MR) is 73.2 cm³/mol. The Hall–Kier alpha value is -1.36. The molecule has 0 aromatic heterocycles. The Morgan fingerprint density at radius 2 is 2.00 bits per heavy atom. The molecule has 104 valence electrons. The molecule has 0 radical (unpaired) electrons. The highest BCUT2D eigenvalue weighted by Gasteiger charge is 2.31. The molecule has 1 aromatic carbocycles. The zero-order valence-corrected chi connectivity index (χ0v) is 11.7. The minimum Gasteiger partial charge on any atom is -0.497 e. The zero-order chi connectivity index (χ0) is 13.9. The highest BCUT2D eigenvalue weighted by molar-refractivity contribution is 7.91. The van der Waals surface area contributed by atoms with Crippen LogP contribution in [0, 0.1) is 5.92 Å². The summed E-state index contributed by atoms with van der Waals surface area (Å²) in [5, 5.41) is 0. The van der Waals surface area contributed by atoms with E-state index in [-0.39, 0.29) is 23.3 Å². The summed E-state index contributed by atoms with van der Waals surface area (Å²) in [5.41, 5.74) is 0.859. The molecule has 5 heteroatoms. The van der Waals surface area contributed by atoms with Crippen LogP contribution in [0.2, 0.25) is 0 Å². The van der Waals surface area contributed by atoms with E-state index in [2.05, 4.69) is 0 Å². The van der Waals surface area contributed by atoms with Gasteiger partial charge in [0.2, 0.25) is 0 Å². The van der Waals surface area contributed by atoms with Crippen molar-refractivity contribution in [2.24, 2.45) is 5.92 Å². The van der Waals surface area contributed by atoms with E-state index in [0.717, 1.165) is 24.0 Å². The van der Waals surface area contributed by atoms with Crippen molar-refractivity contribution in [3.05, 3.63) is 29.8 Å². The average Bonchev–Trinajstić information content (AvgIpc) is 2.39. The number of hydrogen-bond acceptors (Lipinski definition) is 4. The number of sulfone groups is 1. The lowest BCUT2D eigenvalue weighted by Crippen LogP contribution is -2.30. The largest absolute Gasteiger partial charge is 0.497 e. The van der Waals surface area contributed by atoms with Crippen LogP contribution in [0.15, 0.2) is 24.3 Å². The third-order valence-electron chi connectivity index (χ3n) is 3.65. The summed E-state index contributed by atoms with van der Waals surface area (Å²) in [6, 6.07) is 7.25. The lowest BCUT2D eigenvalue weighted by atomic mass is 9.85.